The first-order valence-electron chi connectivity index (χ1n) is 9.15. The van der Waals surface area contributed by atoms with Crippen molar-refractivity contribution >= 4 is 16.1 Å². The Kier molecular flexibility index (Phi) is 6.05. The summed E-state index contributed by atoms with van der Waals surface area (Å²) in [7, 11) is -1.99. The highest BCUT2D eigenvalue weighted by atomic mass is 32.2. The number of hydrogen-bond donors (Lipinski definition) is 0. The predicted octanol–water partition coefficient (Wildman–Crippen LogP) is 0.807. The van der Waals surface area contributed by atoms with E-state index in [-0.39, 0.29) is 31.2 Å². The number of piperazine rings is 1. The fourth-order valence-corrected chi connectivity index (χ4v) is 5.29. The number of benzene rings is 1. The van der Waals surface area contributed by atoms with Gasteiger partial charge in [0.2, 0.25) is 0 Å². The quantitative estimate of drug-likeness (QED) is 0.751. The summed E-state index contributed by atoms with van der Waals surface area (Å²) in [6.45, 7) is 5.78. The van der Waals surface area contributed by atoms with Crippen molar-refractivity contribution in [2.75, 3.05) is 46.4 Å². The van der Waals surface area contributed by atoms with Gasteiger partial charge in [0.15, 0.2) is 0 Å². The Morgan fingerprint density at radius 1 is 1.07 bits per heavy atom. The van der Waals surface area contributed by atoms with Gasteiger partial charge in [-0.05, 0) is 32.0 Å². The van der Waals surface area contributed by atoms with Crippen molar-refractivity contribution in [1.82, 2.24) is 13.5 Å². The molecule has 1 aromatic carbocycles. The number of rotatable bonds is 4. The second kappa shape index (κ2) is 8.14. The molecule has 8 nitrogen and oxygen atoms in total. The van der Waals surface area contributed by atoms with Crippen molar-refractivity contribution in [2.45, 2.75) is 26.1 Å². The van der Waals surface area contributed by atoms with Crippen LogP contribution in [0.25, 0.3) is 0 Å². The summed E-state index contributed by atoms with van der Waals surface area (Å²) in [4.78, 5) is 14.4. The maximum Gasteiger partial charge on any atom is 0.282 e. The molecule has 1 amide bonds. The molecule has 1 aromatic rings. The van der Waals surface area contributed by atoms with Crippen molar-refractivity contribution in [3.63, 3.8) is 0 Å². The predicted molar refractivity (Wildman–Crippen MR) is 101 cm³/mol. The second-order valence-corrected chi connectivity index (χ2v) is 8.93. The number of hydrogen-bond acceptors (Lipinski definition) is 5. The van der Waals surface area contributed by atoms with Crippen molar-refractivity contribution in [3.8, 4) is 5.75 Å². The molecule has 9 heteroatoms. The van der Waals surface area contributed by atoms with Crippen LogP contribution in [-0.2, 0) is 14.9 Å². The molecule has 0 N–H and O–H groups in total. The van der Waals surface area contributed by atoms with E-state index >= 15 is 0 Å². The van der Waals surface area contributed by atoms with Crippen LogP contribution < -0.4 is 4.74 Å². The van der Waals surface area contributed by atoms with Crippen LogP contribution in [-0.4, -0.2) is 86.4 Å². The molecule has 2 heterocycles. The molecule has 2 atom stereocenters. The highest BCUT2D eigenvalue weighted by Gasteiger charge is 2.37. The zero-order valence-electron chi connectivity index (χ0n) is 16.0. The summed E-state index contributed by atoms with van der Waals surface area (Å²) in [5.41, 5.74) is 0.543. The lowest BCUT2D eigenvalue weighted by Gasteiger charge is -2.40. The number of amides is 1. The number of methoxy groups -OCH3 is 1. The summed E-state index contributed by atoms with van der Waals surface area (Å²) in [5.74, 6) is 0.511. The monoisotopic (exact) mass is 397 g/mol. The standard InChI is InChI=1S/C18H27N3O5S/c1-14-12-21(13-15(2)26-14)27(23,24)20-9-7-19(8-10-20)18(22)16-5-4-6-17(11-16)25-3/h4-6,11,14-15H,7-10,12-13H2,1-3H3/t14-,15-/m0/s1. The van der Waals surface area contributed by atoms with E-state index in [0.29, 0.717) is 37.5 Å². The third-order valence-electron chi connectivity index (χ3n) is 4.88. The number of morpholine rings is 1. The topological polar surface area (TPSA) is 79.4 Å². The number of carbonyl (C=O) groups is 1. The van der Waals surface area contributed by atoms with Gasteiger partial charge in [0.25, 0.3) is 16.1 Å². The van der Waals surface area contributed by atoms with Gasteiger partial charge < -0.3 is 14.4 Å². The maximum atomic E-state index is 12.9. The van der Waals surface area contributed by atoms with Gasteiger partial charge in [-0.3, -0.25) is 4.79 Å². The molecule has 2 saturated heterocycles. The van der Waals surface area contributed by atoms with E-state index in [9.17, 15) is 13.2 Å². The van der Waals surface area contributed by atoms with Gasteiger partial charge in [0, 0.05) is 44.8 Å². The highest BCUT2D eigenvalue weighted by Crippen LogP contribution is 2.20. The highest BCUT2D eigenvalue weighted by molar-refractivity contribution is 7.86. The molecule has 3 rings (SSSR count). The molecular weight excluding hydrogens is 370 g/mol. The van der Waals surface area contributed by atoms with Crippen molar-refractivity contribution < 1.29 is 22.7 Å². The Labute approximate surface area is 160 Å². The van der Waals surface area contributed by atoms with Crippen LogP contribution in [0.4, 0.5) is 0 Å². The van der Waals surface area contributed by atoms with Crippen LogP contribution in [0.2, 0.25) is 0 Å². The fraction of sp³-hybridized carbons (Fsp3) is 0.611. The molecule has 0 radical (unpaired) electrons. The van der Waals surface area contributed by atoms with Gasteiger partial charge in [0.1, 0.15) is 5.75 Å². The largest absolute Gasteiger partial charge is 0.497 e. The van der Waals surface area contributed by atoms with Crippen LogP contribution in [0.1, 0.15) is 24.2 Å². The van der Waals surface area contributed by atoms with E-state index in [4.69, 9.17) is 9.47 Å². The molecule has 0 aromatic heterocycles. The SMILES string of the molecule is COc1cccc(C(=O)N2CCN(S(=O)(=O)N3C[C@H](C)O[C@@H](C)C3)CC2)c1. The summed E-state index contributed by atoms with van der Waals surface area (Å²) < 4.78 is 39.6. The third kappa shape index (κ3) is 4.43. The maximum absolute atomic E-state index is 12.9. The fourth-order valence-electron chi connectivity index (χ4n) is 3.54. The Morgan fingerprint density at radius 2 is 1.70 bits per heavy atom. The van der Waals surface area contributed by atoms with Gasteiger partial charge in [-0.1, -0.05) is 6.07 Å². The minimum absolute atomic E-state index is 0.112. The van der Waals surface area contributed by atoms with Crippen molar-refractivity contribution in [1.29, 1.82) is 0 Å². The van der Waals surface area contributed by atoms with Crippen LogP contribution in [0, 0.1) is 0 Å². The molecular formula is C18H27N3O5S. The van der Waals surface area contributed by atoms with Gasteiger partial charge in [-0.15, -0.1) is 0 Å². The molecule has 0 saturated carbocycles. The van der Waals surface area contributed by atoms with E-state index in [1.54, 1.807) is 36.3 Å². The Morgan fingerprint density at radius 3 is 2.30 bits per heavy atom. The Bertz CT molecular complexity index is 767. The molecule has 150 valence electrons. The first-order valence-corrected chi connectivity index (χ1v) is 10.5. The summed E-state index contributed by atoms with van der Waals surface area (Å²) in [6.07, 6.45) is -0.251. The number of ether oxygens (including phenoxy) is 2. The van der Waals surface area contributed by atoms with Crippen LogP contribution in [0.15, 0.2) is 24.3 Å². The minimum atomic E-state index is -3.55. The molecule has 0 aliphatic carbocycles. The van der Waals surface area contributed by atoms with Gasteiger partial charge in [-0.25, -0.2) is 0 Å². The van der Waals surface area contributed by atoms with Crippen molar-refractivity contribution in [3.05, 3.63) is 29.8 Å². The normalized spacial score (nSPS) is 25.4. The molecule has 0 spiro atoms. The summed E-state index contributed by atoms with van der Waals surface area (Å²) in [6, 6.07) is 6.99. The van der Waals surface area contributed by atoms with Gasteiger partial charge in [0.05, 0.1) is 19.3 Å². The summed E-state index contributed by atoms with van der Waals surface area (Å²) >= 11 is 0. The zero-order chi connectivity index (χ0) is 19.6. The third-order valence-corrected chi connectivity index (χ3v) is 6.85. The van der Waals surface area contributed by atoms with E-state index in [1.165, 1.54) is 8.61 Å². The lowest BCUT2D eigenvalue weighted by atomic mass is 10.1. The average molecular weight is 397 g/mol. The second-order valence-electron chi connectivity index (χ2n) is 7.01. The van der Waals surface area contributed by atoms with E-state index in [0.717, 1.165) is 0 Å². The zero-order valence-corrected chi connectivity index (χ0v) is 16.8. The Balaban J connectivity index is 1.63. The first-order chi connectivity index (χ1) is 12.8. The molecule has 2 fully saturated rings. The van der Waals surface area contributed by atoms with Crippen LogP contribution in [0.3, 0.4) is 0 Å². The summed E-state index contributed by atoms with van der Waals surface area (Å²) in [5, 5.41) is 0. The van der Waals surface area contributed by atoms with Gasteiger partial charge in [-0.2, -0.15) is 17.0 Å². The van der Waals surface area contributed by atoms with Gasteiger partial charge >= 0.3 is 0 Å². The van der Waals surface area contributed by atoms with E-state index < -0.39 is 10.2 Å². The Hall–Kier alpha value is -1.68. The molecule has 2 aliphatic rings. The lowest BCUT2D eigenvalue weighted by Crippen LogP contribution is -2.57. The number of carbonyl (C=O) groups excluding carboxylic acids is 1. The average Bonchev–Trinajstić information content (AvgIpc) is 2.67. The molecule has 0 bridgehead atoms. The van der Waals surface area contributed by atoms with Crippen LogP contribution in [0.5, 0.6) is 5.75 Å². The van der Waals surface area contributed by atoms with E-state index in [2.05, 4.69) is 0 Å². The lowest BCUT2D eigenvalue weighted by molar-refractivity contribution is -0.0457. The molecule has 0 unspecified atom stereocenters. The first kappa shape index (κ1) is 20.1. The van der Waals surface area contributed by atoms with Crippen molar-refractivity contribution in [2.24, 2.45) is 0 Å². The number of nitrogens with zero attached hydrogens (tertiary/aromatic N) is 3. The molecule has 27 heavy (non-hydrogen) atoms. The molecule has 2 aliphatic heterocycles. The minimum Gasteiger partial charge on any atom is -0.497 e. The van der Waals surface area contributed by atoms with E-state index in [1.807, 2.05) is 13.8 Å². The van der Waals surface area contributed by atoms with Crippen LogP contribution >= 0.6 is 0 Å². The smallest absolute Gasteiger partial charge is 0.282 e.